The third-order valence-electron chi connectivity index (χ3n) is 4.24. The van der Waals surface area contributed by atoms with Gasteiger partial charge < -0.3 is 4.43 Å². The molecule has 0 aromatic carbocycles. The number of thioether (sulfide) groups is 1. The first-order valence-corrected chi connectivity index (χ1v) is 11.8. The topological polar surface area (TPSA) is 26.3 Å². The molecule has 0 N–H and O–H groups in total. The van der Waals surface area contributed by atoms with Gasteiger partial charge in [-0.2, -0.15) is 0 Å². The van der Waals surface area contributed by atoms with Crippen LogP contribution >= 0.6 is 11.8 Å². The highest BCUT2D eigenvalue weighted by molar-refractivity contribution is 8.13. The van der Waals surface area contributed by atoms with E-state index >= 15 is 0 Å². The molecule has 21 heavy (non-hydrogen) atoms. The van der Waals surface area contributed by atoms with E-state index in [0.717, 1.165) is 12.2 Å². The Kier molecular flexibility index (Phi) is 7.25. The molecule has 2 nitrogen and oxygen atoms in total. The van der Waals surface area contributed by atoms with Gasteiger partial charge in [0.05, 0.1) is 5.41 Å². The van der Waals surface area contributed by atoms with Crippen LogP contribution in [0.3, 0.4) is 0 Å². The van der Waals surface area contributed by atoms with Crippen LogP contribution in [0.15, 0.2) is 0 Å². The normalized spacial score (nSPS) is 14.4. The van der Waals surface area contributed by atoms with Gasteiger partial charge in [0.25, 0.3) is 0 Å². The van der Waals surface area contributed by atoms with E-state index in [4.69, 9.17) is 4.43 Å². The minimum Gasteiger partial charge on any atom is -0.416 e. The molecule has 0 rings (SSSR count). The lowest BCUT2D eigenvalue weighted by Crippen LogP contribution is -2.44. The molecule has 0 aromatic heterocycles. The fourth-order valence-corrected chi connectivity index (χ4v) is 3.79. The van der Waals surface area contributed by atoms with E-state index in [9.17, 15) is 4.79 Å². The van der Waals surface area contributed by atoms with Gasteiger partial charge in [-0.15, -0.1) is 0 Å². The Morgan fingerprint density at radius 1 is 1.00 bits per heavy atom. The molecule has 126 valence electrons. The summed E-state index contributed by atoms with van der Waals surface area (Å²) < 4.78 is 6.23. The van der Waals surface area contributed by atoms with Gasteiger partial charge in [-0.25, -0.2) is 0 Å². The van der Waals surface area contributed by atoms with E-state index in [1.165, 1.54) is 11.8 Å². The maximum atomic E-state index is 12.4. The van der Waals surface area contributed by atoms with Crippen LogP contribution in [0.5, 0.6) is 0 Å². The third-order valence-corrected chi connectivity index (χ3v) is 9.94. The Hall–Kier alpha value is 0.197. The summed E-state index contributed by atoms with van der Waals surface area (Å²) in [5.74, 6) is 0.895. The van der Waals surface area contributed by atoms with Crippen molar-refractivity contribution in [1.29, 1.82) is 0 Å². The molecule has 0 saturated carbocycles. The van der Waals surface area contributed by atoms with E-state index in [1.807, 2.05) is 13.8 Å². The minimum atomic E-state index is -1.78. The van der Waals surface area contributed by atoms with Crippen molar-refractivity contribution in [3.63, 3.8) is 0 Å². The van der Waals surface area contributed by atoms with Gasteiger partial charge in [0.15, 0.2) is 13.4 Å². The van der Waals surface area contributed by atoms with Crippen molar-refractivity contribution in [3.8, 4) is 0 Å². The average molecular weight is 333 g/mol. The second-order valence-corrected chi connectivity index (χ2v) is 15.3. The van der Waals surface area contributed by atoms with E-state index in [-0.39, 0.29) is 15.6 Å². The smallest absolute Gasteiger partial charge is 0.196 e. The second-order valence-electron chi connectivity index (χ2n) is 9.38. The van der Waals surface area contributed by atoms with Crippen LogP contribution in [0.4, 0.5) is 0 Å². The third kappa shape index (κ3) is 7.85. The maximum Gasteiger partial charge on any atom is 0.196 e. The average Bonchev–Trinajstić information content (AvgIpc) is 2.23. The molecule has 0 saturated heterocycles. The number of rotatable bonds is 6. The van der Waals surface area contributed by atoms with E-state index in [2.05, 4.69) is 54.6 Å². The Bertz CT molecular complexity index is 349. The first-order chi connectivity index (χ1) is 9.08. The Labute approximate surface area is 137 Å². The van der Waals surface area contributed by atoms with Crippen LogP contribution in [0, 0.1) is 10.8 Å². The number of hydrogen-bond acceptors (Lipinski definition) is 3. The van der Waals surface area contributed by atoms with Crippen LogP contribution in [-0.2, 0) is 9.22 Å². The zero-order valence-electron chi connectivity index (χ0n) is 15.8. The second kappa shape index (κ2) is 7.18. The van der Waals surface area contributed by atoms with Gasteiger partial charge in [-0.1, -0.05) is 53.3 Å². The first kappa shape index (κ1) is 21.2. The van der Waals surface area contributed by atoms with Crippen LogP contribution < -0.4 is 0 Å². The summed E-state index contributed by atoms with van der Waals surface area (Å²) in [6, 6.07) is 0. The number of carbonyl (C=O) groups is 1. The van der Waals surface area contributed by atoms with Gasteiger partial charge in [0.2, 0.25) is 0 Å². The van der Waals surface area contributed by atoms with E-state index < -0.39 is 13.7 Å². The van der Waals surface area contributed by atoms with Crippen molar-refractivity contribution in [2.45, 2.75) is 79.9 Å². The molecule has 0 radical (unpaired) electrons. The quantitative estimate of drug-likeness (QED) is 0.581. The molecular weight excluding hydrogens is 296 g/mol. The lowest BCUT2D eigenvalue weighted by molar-refractivity contribution is -0.119. The van der Waals surface area contributed by atoms with Gasteiger partial charge in [0.1, 0.15) is 0 Å². The number of hydrogen-bond donors (Lipinski definition) is 0. The molecule has 0 amide bonds. The van der Waals surface area contributed by atoms with E-state index in [0.29, 0.717) is 6.61 Å². The molecule has 0 heterocycles. The minimum absolute atomic E-state index is 0.186. The Morgan fingerprint density at radius 3 is 1.86 bits per heavy atom. The molecule has 0 atom stereocenters. The molecule has 0 aliphatic carbocycles. The van der Waals surface area contributed by atoms with Crippen LogP contribution in [0.2, 0.25) is 18.1 Å². The van der Waals surface area contributed by atoms with Crippen molar-refractivity contribution < 1.29 is 9.22 Å². The van der Waals surface area contributed by atoms with Crippen molar-refractivity contribution in [2.24, 2.45) is 10.8 Å². The molecule has 0 bridgehead atoms. The Balaban J connectivity index is 4.46. The van der Waals surface area contributed by atoms with Gasteiger partial charge in [-0.3, -0.25) is 4.79 Å². The van der Waals surface area contributed by atoms with Gasteiger partial charge >= 0.3 is 0 Å². The molecule has 0 unspecified atom stereocenters. The summed E-state index contributed by atoms with van der Waals surface area (Å²) in [4.78, 5) is 12.4. The van der Waals surface area contributed by atoms with Gasteiger partial charge in [-0.05, 0) is 43.8 Å². The van der Waals surface area contributed by atoms with Crippen LogP contribution in [0.25, 0.3) is 0 Å². The zero-order chi connectivity index (χ0) is 17.1. The van der Waals surface area contributed by atoms with Crippen molar-refractivity contribution >= 4 is 25.2 Å². The molecule has 4 heteroatoms. The zero-order valence-corrected chi connectivity index (χ0v) is 17.7. The lowest BCUT2D eigenvalue weighted by atomic mass is 9.94. The summed E-state index contributed by atoms with van der Waals surface area (Å²) in [6.07, 6.45) is 1.06. The fraction of sp³-hybridized carbons (Fsp3) is 0.941. The van der Waals surface area contributed by atoms with Gasteiger partial charge in [0, 0.05) is 12.4 Å². The number of carbonyl (C=O) groups excluding carboxylic acids is 1. The van der Waals surface area contributed by atoms with Crippen molar-refractivity contribution in [3.05, 3.63) is 0 Å². The highest BCUT2D eigenvalue weighted by atomic mass is 32.2. The highest BCUT2D eigenvalue weighted by Crippen LogP contribution is 2.38. The standard InChI is InChI=1S/C17H36O2SSi/c1-15(2,3)11-12-20-14(18)17(7,8)13-19-21(9,10)16(4,5)6/h11-13H2,1-10H3. The molecule has 0 aliphatic rings. The van der Waals surface area contributed by atoms with Crippen molar-refractivity contribution in [1.82, 2.24) is 0 Å². The van der Waals surface area contributed by atoms with Crippen LogP contribution in [-0.4, -0.2) is 25.8 Å². The van der Waals surface area contributed by atoms with Crippen LogP contribution in [0.1, 0.15) is 61.8 Å². The highest BCUT2D eigenvalue weighted by Gasteiger charge is 2.39. The molecular formula is C17H36O2SSi. The summed E-state index contributed by atoms with van der Waals surface area (Å²) in [5, 5.41) is 0.441. The van der Waals surface area contributed by atoms with Crippen molar-refractivity contribution in [2.75, 3.05) is 12.4 Å². The fourth-order valence-electron chi connectivity index (χ4n) is 1.28. The predicted molar refractivity (Wildman–Crippen MR) is 98.5 cm³/mol. The maximum absolute atomic E-state index is 12.4. The molecule has 0 aliphatic heterocycles. The summed E-state index contributed by atoms with van der Waals surface area (Å²) in [7, 11) is -1.78. The molecule has 0 spiro atoms. The summed E-state index contributed by atoms with van der Waals surface area (Å²) in [5.41, 5.74) is -0.118. The summed E-state index contributed by atoms with van der Waals surface area (Å²) in [6.45, 7) is 22.3. The van der Waals surface area contributed by atoms with E-state index in [1.54, 1.807) is 0 Å². The monoisotopic (exact) mass is 332 g/mol. The SMILES string of the molecule is CC(C)(C)CCSC(=O)C(C)(C)CO[Si](C)(C)C(C)(C)C. The first-order valence-electron chi connectivity index (χ1n) is 7.90. The lowest BCUT2D eigenvalue weighted by Gasteiger charge is -2.38. The summed E-state index contributed by atoms with van der Waals surface area (Å²) >= 11 is 1.46. The largest absolute Gasteiger partial charge is 0.416 e. The predicted octanol–water partition coefficient (Wildman–Crippen LogP) is 5.73. The molecule has 0 fully saturated rings. The Morgan fingerprint density at radius 2 is 1.48 bits per heavy atom. The molecule has 0 aromatic rings.